The maximum Gasteiger partial charge on any atom is 0.387 e. The molecule has 0 aliphatic heterocycles. The summed E-state index contributed by atoms with van der Waals surface area (Å²) in [7, 11) is 0. The predicted octanol–water partition coefficient (Wildman–Crippen LogP) is 3.73. The Balaban J connectivity index is 2.01. The standard InChI is InChI=1S/C15H16F2IN3O2/c1-9-3-4-12(13(7-9)23-15(16)17)20-14(22)5-6-21-10(2)11(18)8-19-21/h3-4,7-8,15H,5-6H2,1-2H3,(H,20,22). The molecule has 0 saturated carbocycles. The fourth-order valence-electron chi connectivity index (χ4n) is 2.00. The Morgan fingerprint density at radius 1 is 1.43 bits per heavy atom. The van der Waals surface area contributed by atoms with E-state index in [0.717, 1.165) is 14.8 Å². The monoisotopic (exact) mass is 435 g/mol. The molecule has 0 bridgehead atoms. The van der Waals surface area contributed by atoms with Gasteiger partial charge in [0.1, 0.15) is 5.75 Å². The first-order chi connectivity index (χ1) is 10.9. The van der Waals surface area contributed by atoms with Crippen LogP contribution in [0.15, 0.2) is 24.4 Å². The number of rotatable bonds is 6. The van der Waals surface area contributed by atoms with Gasteiger partial charge in [-0.2, -0.15) is 13.9 Å². The number of ether oxygens (including phenoxy) is 1. The van der Waals surface area contributed by atoms with Crippen molar-refractivity contribution in [3.05, 3.63) is 39.2 Å². The van der Waals surface area contributed by atoms with Gasteiger partial charge in [0.15, 0.2) is 0 Å². The highest BCUT2D eigenvalue weighted by atomic mass is 127. The fourth-order valence-corrected chi connectivity index (χ4v) is 2.40. The van der Waals surface area contributed by atoms with Crippen LogP contribution in [0.1, 0.15) is 17.7 Å². The van der Waals surface area contributed by atoms with E-state index in [1.54, 1.807) is 29.9 Å². The maximum atomic E-state index is 12.4. The number of aromatic nitrogens is 2. The van der Waals surface area contributed by atoms with Gasteiger partial charge in [0.2, 0.25) is 5.91 Å². The number of aryl methyl sites for hydroxylation is 2. The largest absolute Gasteiger partial charge is 0.433 e. The summed E-state index contributed by atoms with van der Waals surface area (Å²) in [5.74, 6) is -0.337. The number of carbonyl (C=O) groups is 1. The molecule has 1 N–H and O–H groups in total. The molecule has 0 unspecified atom stereocenters. The normalized spacial score (nSPS) is 10.9. The number of halogens is 3. The van der Waals surface area contributed by atoms with E-state index in [-0.39, 0.29) is 23.8 Å². The molecule has 0 radical (unpaired) electrons. The second-order valence-electron chi connectivity index (χ2n) is 4.98. The van der Waals surface area contributed by atoms with Gasteiger partial charge in [0, 0.05) is 12.1 Å². The van der Waals surface area contributed by atoms with Crippen LogP contribution in [0.2, 0.25) is 0 Å². The fraction of sp³-hybridized carbons (Fsp3) is 0.333. The number of hydrogen-bond donors (Lipinski definition) is 1. The summed E-state index contributed by atoms with van der Waals surface area (Å²) >= 11 is 2.17. The summed E-state index contributed by atoms with van der Waals surface area (Å²) in [6, 6.07) is 4.72. The van der Waals surface area contributed by atoms with E-state index in [4.69, 9.17) is 0 Å². The van der Waals surface area contributed by atoms with E-state index >= 15 is 0 Å². The van der Waals surface area contributed by atoms with Gasteiger partial charge in [-0.15, -0.1) is 0 Å². The van der Waals surface area contributed by atoms with Crippen molar-refractivity contribution in [2.24, 2.45) is 0 Å². The summed E-state index contributed by atoms with van der Waals surface area (Å²) in [5, 5.41) is 6.77. The lowest BCUT2D eigenvalue weighted by molar-refractivity contribution is -0.116. The second-order valence-corrected chi connectivity index (χ2v) is 6.14. The summed E-state index contributed by atoms with van der Waals surface area (Å²) < 4.78 is 32.1. The SMILES string of the molecule is Cc1ccc(NC(=O)CCn2ncc(I)c2C)c(OC(F)F)c1. The van der Waals surface area contributed by atoms with Crippen molar-refractivity contribution in [1.82, 2.24) is 9.78 Å². The van der Waals surface area contributed by atoms with Crippen molar-refractivity contribution < 1.29 is 18.3 Å². The lowest BCUT2D eigenvalue weighted by atomic mass is 10.2. The van der Waals surface area contributed by atoms with Crippen molar-refractivity contribution >= 4 is 34.2 Å². The Hall–Kier alpha value is -1.71. The van der Waals surface area contributed by atoms with Gasteiger partial charge >= 0.3 is 6.61 Å². The van der Waals surface area contributed by atoms with E-state index in [1.807, 2.05) is 6.92 Å². The molecule has 5 nitrogen and oxygen atoms in total. The molecule has 2 rings (SSSR count). The van der Waals surface area contributed by atoms with Crippen molar-refractivity contribution in [3.8, 4) is 5.75 Å². The highest BCUT2D eigenvalue weighted by molar-refractivity contribution is 14.1. The molecule has 1 aromatic heterocycles. The van der Waals surface area contributed by atoms with Gasteiger partial charge < -0.3 is 10.1 Å². The molecule has 23 heavy (non-hydrogen) atoms. The van der Waals surface area contributed by atoms with Gasteiger partial charge in [-0.3, -0.25) is 9.48 Å². The number of benzene rings is 1. The van der Waals surface area contributed by atoms with Crippen LogP contribution in [0.3, 0.4) is 0 Å². The highest BCUT2D eigenvalue weighted by Gasteiger charge is 2.13. The smallest absolute Gasteiger partial charge is 0.387 e. The quantitative estimate of drug-likeness (QED) is 0.704. The van der Waals surface area contributed by atoms with Crippen LogP contribution in [0.5, 0.6) is 5.75 Å². The third kappa shape index (κ3) is 4.88. The van der Waals surface area contributed by atoms with Crippen molar-refractivity contribution in [2.75, 3.05) is 5.32 Å². The molecule has 124 valence electrons. The number of hydrogen-bond acceptors (Lipinski definition) is 3. The van der Waals surface area contributed by atoms with E-state index in [2.05, 4.69) is 37.7 Å². The number of alkyl halides is 2. The van der Waals surface area contributed by atoms with Gasteiger partial charge in [-0.25, -0.2) is 0 Å². The molecule has 1 heterocycles. The molecular weight excluding hydrogens is 419 g/mol. The Kier molecular flexibility index (Phi) is 5.91. The highest BCUT2D eigenvalue weighted by Crippen LogP contribution is 2.27. The average Bonchev–Trinajstić information content (AvgIpc) is 2.79. The molecule has 8 heteroatoms. The number of carbonyl (C=O) groups excluding carboxylic acids is 1. The zero-order chi connectivity index (χ0) is 17.0. The van der Waals surface area contributed by atoms with E-state index in [9.17, 15) is 13.6 Å². The van der Waals surface area contributed by atoms with Gasteiger partial charge in [-0.1, -0.05) is 6.07 Å². The van der Waals surface area contributed by atoms with Crippen LogP contribution < -0.4 is 10.1 Å². The number of anilines is 1. The number of nitrogens with one attached hydrogen (secondary N) is 1. The van der Waals surface area contributed by atoms with Crippen LogP contribution in [0, 0.1) is 17.4 Å². The molecule has 0 aliphatic rings. The molecule has 2 aromatic rings. The first-order valence-corrected chi connectivity index (χ1v) is 7.98. The number of nitrogens with zero attached hydrogens (tertiary/aromatic N) is 2. The molecule has 0 spiro atoms. The molecule has 0 atom stereocenters. The first kappa shape index (κ1) is 17.6. The molecule has 0 aliphatic carbocycles. The second kappa shape index (κ2) is 7.71. The molecule has 1 aromatic carbocycles. The Bertz CT molecular complexity index is 704. The molecular formula is C15H16F2IN3O2. The maximum absolute atomic E-state index is 12.4. The minimum absolute atomic E-state index is 0.0434. The summed E-state index contributed by atoms with van der Waals surface area (Å²) in [5.41, 5.74) is 1.98. The van der Waals surface area contributed by atoms with Crippen molar-refractivity contribution in [2.45, 2.75) is 33.4 Å². The van der Waals surface area contributed by atoms with Crippen LogP contribution in [0.4, 0.5) is 14.5 Å². The number of amides is 1. The third-order valence-corrected chi connectivity index (χ3v) is 4.28. The van der Waals surface area contributed by atoms with Crippen LogP contribution >= 0.6 is 22.6 Å². The van der Waals surface area contributed by atoms with Crippen molar-refractivity contribution in [1.29, 1.82) is 0 Å². The zero-order valence-corrected chi connectivity index (χ0v) is 14.8. The third-order valence-electron chi connectivity index (χ3n) is 3.22. The Labute approximate surface area is 146 Å². The van der Waals surface area contributed by atoms with Crippen LogP contribution in [-0.4, -0.2) is 22.3 Å². The first-order valence-electron chi connectivity index (χ1n) is 6.90. The summed E-state index contributed by atoms with van der Waals surface area (Å²) in [6.45, 7) is 1.14. The minimum atomic E-state index is -2.94. The van der Waals surface area contributed by atoms with E-state index in [0.29, 0.717) is 6.54 Å². The molecule has 0 fully saturated rings. The van der Waals surface area contributed by atoms with E-state index < -0.39 is 6.61 Å². The topological polar surface area (TPSA) is 56.2 Å². The Morgan fingerprint density at radius 3 is 2.78 bits per heavy atom. The summed E-state index contributed by atoms with van der Waals surface area (Å²) in [6.07, 6.45) is 1.91. The Morgan fingerprint density at radius 2 is 2.17 bits per heavy atom. The minimum Gasteiger partial charge on any atom is -0.433 e. The van der Waals surface area contributed by atoms with E-state index in [1.165, 1.54) is 6.07 Å². The zero-order valence-electron chi connectivity index (χ0n) is 12.6. The molecule has 0 saturated heterocycles. The van der Waals surface area contributed by atoms with Gasteiger partial charge in [0.25, 0.3) is 0 Å². The van der Waals surface area contributed by atoms with Crippen LogP contribution in [0.25, 0.3) is 0 Å². The van der Waals surface area contributed by atoms with Crippen LogP contribution in [-0.2, 0) is 11.3 Å². The lowest BCUT2D eigenvalue weighted by Gasteiger charge is -2.13. The predicted molar refractivity (Wildman–Crippen MR) is 90.7 cm³/mol. The molecule has 1 amide bonds. The van der Waals surface area contributed by atoms with Gasteiger partial charge in [-0.05, 0) is 54.1 Å². The van der Waals surface area contributed by atoms with Crippen molar-refractivity contribution in [3.63, 3.8) is 0 Å². The average molecular weight is 435 g/mol. The van der Waals surface area contributed by atoms with Gasteiger partial charge in [0.05, 0.1) is 22.0 Å². The lowest BCUT2D eigenvalue weighted by Crippen LogP contribution is -2.16. The summed E-state index contributed by atoms with van der Waals surface area (Å²) in [4.78, 5) is 12.0.